The molecule has 10 rings (SSSR count). The molecule has 5 aromatic rings. The Morgan fingerprint density at radius 2 is 1.22 bits per heavy atom. The molecule has 72 heavy (non-hydrogen) atoms. The summed E-state index contributed by atoms with van der Waals surface area (Å²) in [4.78, 5) is 76.0. The monoisotopic (exact) mass is 987 g/mol. The van der Waals surface area contributed by atoms with Gasteiger partial charge in [-0.25, -0.2) is 19.6 Å². The molecule has 17 heteroatoms. The number of carbonyl (C=O) groups excluding carboxylic acids is 4. The standard InChI is InChI=1S/C55H70N8O9/c1-26-15-44(62(32(26)7)52(64)47(60-54(66)68-9)36-17-28(3)71-29(4)18-36)50-56-24-43(58-50)35-11-13-39-38(21-35)25-70-46-23-40-34(22-41(39)46)12-14-42-49(40)59-51(57-42)45-16-27(2)33(8)63(45)53(65)48(61-55(67)69-10)37-19-30(5)72-31(6)20-37/h11-14,21-24,26-33,36-37,44-45,47-48H,15-20,25H2,1-10H3,(H,56,58)(H,57,59)(H,60,66)(H,61,67)/t26-,27+,28+,29+,30+,31+,32-,33+,44-,45+,47-,48-/m0/s1. The van der Waals surface area contributed by atoms with E-state index in [9.17, 15) is 19.2 Å². The summed E-state index contributed by atoms with van der Waals surface area (Å²) in [6.07, 6.45) is 4.45. The molecule has 2 aromatic heterocycles. The van der Waals surface area contributed by atoms with Crippen LogP contribution in [0.15, 0.2) is 48.7 Å². The van der Waals surface area contributed by atoms with E-state index < -0.39 is 24.3 Å². The highest BCUT2D eigenvalue weighted by molar-refractivity contribution is 6.07. The summed E-state index contributed by atoms with van der Waals surface area (Å²) in [5.74, 6) is 2.08. The topological polar surface area (TPSA) is 202 Å². The number of ether oxygens (including phenoxy) is 5. The molecule has 384 valence electrons. The number of rotatable bonds is 9. The first kappa shape index (κ1) is 49.4. The molecule has 4 fully saturated rings. The fourth-order valence-electron chi connectivity index (χ4n) is 12.8. The van der Waals surface area contributed by atoms with E-state index in [-0.39, 0.29) is 84.1 Å². The lowest BCUT2D eigenvalue weighted by Crippen LogP contribution is -2.55. The van der Waals surface area contributed by atoms with Gasteiger partial charge in [0.1, 0.15) is 36.1 Å². The van der Waals surface area contributed by atoms with E-state index in [0.29, 0.717) is 43.9 Å². The molecule has 0 bridgehead atoms. The van der Waals surface area contributed by atoms with Crippen LogP contribution >= 0.6 is 0 Å². The normalized spacial score (nSPS) is 30.0. The summed E-state index contributed by atoms with van der Waals surface area (Å²) < 4.78 is 28.6. The molecule has 5 aliphatic rings. The predicted octanol–water partition coefficient (Wildman–Crippen LogP) is 9.12. The van der Waals surface area contributed by atoms with Gasteiger partial charge in [0.2, 0.25) is 11.8 Å². The SMILES string of the molecule is COC(=O)N[C@H](C(=O)N1[C@@H](c2nc3ccc4cc5c(cc4c3[nH]2)OCc2cc(-c3cnc([C@@H]4C[C@H](C)[C@H](C)N4C(=O)[C@@H](NC(=O)OC)C4C[C@@H](C)O[C@H](C)C4)[nH]3)ccc2-5)C[C@@H](C)[C@H]1C)C1C[C@@H](C)O[C@H](C)C1. The summed E-state index contributed by atoms with van der Waals surface area (Å²) >= 11 is 0. The number of hydrogen-bond donors (Lipinski definition) is 4. The lowest BCUT2D eigenvalue weighted by Gasteiger charge is -2.39. The van der Waals surface area contributed by atoms with Gasteiger partial charge in [-0.2, -0.15) is 0 Å². The van der Waals surface area contributed by atoms with E-state index in [2.05, 4.69) is 84.7 Å². The second-order valence-electron chi connectivity index (χ2n) is 21.6. The summed E-state index contributed by atoms with van der Waals surface area (Å²) in [5, 5.41) is 7.80. The molecule has 0 spiro atoms. The van der Waals surface area contributed by atoms with Gasteiger partial charge in [0, 0.05) is 23.0 Å². The van der Waals surface area contributed by atoms with Gasteiger partial charge in [0.15, 0.2) is 0 Å². The number of hydrogen-bond acceptors (Lipinski definition) is 11. The minimum absolute atomic E-state index is 0.0397. The van der Waals surface area contributed by atoms with Gasteiger partial charge in [-0.15, -0.1) is 0 Å². The van der Waals surface area contributed by atoms with E-state index in [0.717, 1.165) is 68.3 Å². The molecule has 4 N–H and O–H groups in total. The van der Waals surface area contributed by atoms with Crippen molar-refractivity contribution in [3.8, 4) is 28.1 Å². The van der Waals surface area contributed by atoms with Gasteiger partial charge in [0.25, 0.3) is 0 Å². The van der Waals surface area contributed by atoms with Crippen molar-refractivity contribution >= 4 is 45.8 Å². The molecule has 5 aliphatic heterocycles. The fraction of sp³-hybridized carbons (Fsp3) is 0.564. The maximum absolute atomic E-state index is 14.8. The van der Waals surface area contributed by atoms with Crippen LogP contribution in [0, 0.1) is 23.7 Å². The molecule has 0 saturated carbocycles. The van der Waals surface area contributed by atoms with E-state index in [1.807, 2.05) is 49.8 Å². The smallest absolute Gasteiger partial charge is 0.407 e. The number of likely N-dealkylation sites (tertiary alicyclic amines) is 2. The number of carbonyl (C=O) groups is 4. The zero-order valence-electron chi connectivity index (χ0n) is 43.1. The highest BCUT2D eigenvalue weighted by Crippen LogP contribution is 2.46. The number of alkyl carbamates (subject to hydrolysis) is 2. The number of H-pyrrole nitrogens is 2. The number of nitrogens with one attached hydrogen (secondary N) is 4. The van der Waals surface area contributed by atoms with Crippen LogP contribution in [-0.2, 0) is 35.1 Å². The zero-order valence-corrected chi connectivity index (χ0v) is 43.1. The van der Waals surface area contributed by atoms with E-state index in [4.69, 9.17) is 33.7 Å². The zero-order chi connectivity index (χ0) is 50.9. The molecule has 3 aromatic carbocycles. The Morgan fingerprint density at radius 3 is 1.78 bits per heavy atom. The third-order valence-corrected chi connectivity index (χ3v) is 16.7. The van der Waals surface area contributed by atoms with Crippen LogP contribution in [0.1, 0.15) is 123 Å². The summed E-state index contributed by atoms with van der Waals surface area (Å²) in [6.45, 7) is 16.9. The van der Waals surface area contributed by atoms with Gasteiger partial charge >= 0.3 is 12.2 Å². The van der Waals surface area contributed by atoms with Crippen molar-refractivity contribution in [3.05, 3.63) is 65.9 Å². The average molecular weight is 987 g/mol. The van der Waals surface area contributed by atoms with Crippen molar-refractivity contribution in [2.75, 3.05) is 14.2 Å². The van der Waals surface area contributed by atoms with Gasteiger partial charge in [-0.05, 0) is 150 Å². The molecule has 4 saturated heterocycles. The van der Waals surface area contributed by atoms with Gasteiger partial charge in [0.05, 0.1) is 73.6 Å². The first-order valence-electron chi connectivity index (χ1n) is 25.9. The number of aromatic amines is 2. The molecule has 7 heterocycles. The maximum atomic E-state index is 14.8. The highest BCUT2D eigenvalue weighted by Gasteiger charge is 2.48. The van der Waals surface area contributed by atoms with E-state index in [1.165, 1.54) is 14.2 Å². The molecule has 0 radical (unpaired) electrons. The largest absolute Gasteiger partial charge is 0.488 e. The van der Waals surface area contributed by atoms with Crippen LogP contribution in [0.25, 0.3) is 44.2 Å². The van der Waals surface area contributed by atoms with Crippen molar-refractivity contribution in [2.24, 2.45) is 23.7 Å². The van der Waals surface area contributed by atoms with Crippen molar-refractivity contribution in [2.45, 2.75) is 161 Å². The Labute approximate surface area is 420 Å². The van der Waals surface area contributed by atoms with E-state index >= 15 is 0 Å². The number of benzene rings is 3. The van der Waals surface area contributed by atoms with Crippen LogP contribution in [0.4, 0.5) is 9.59 Å². The lowest BCUT2D eigenvalue weighted by molar-refractivity contribution is -0.141. The second-order valence-corrected chi connectivity index (χ2v) is 21.6. The number of amides is 4. The summed E-state index contributed by atoms with van der Waals surface area (Å²) in [7, 11) is 2.64. The average Bonchev–Trinajstić information content (AvgIpc) is 4.15. The summed E-state index contributed by atoms with van der Waals surface area (Å²) in [6, 6.07) is 12.4. The predicted molar refractivity (Wildman–Crippen MR) is 271 cm³/mol. The Bertz CT molecular complexity index is 2860. The highest BCUT2D eigenvalue weighted by atomic mass is 16.5. The molecule has 0 unspecified atom stereocenters. The van der Waals surface area contributed by atoms with Crippen LogP contribution in [-0.4, -0.2) is 117 Å². The van der Waals surface area contributed by atoms with Crippen LogP contribution in [0.3, 0.4) is 0 Å². The Kier molecular flexibility index (Phi) is 13.5. The minimum Gasteiger partial charge on any atom is -0.488 e. The minimum atomic E-state index is -0.771. The number of imidazole rings is 2. The van der Waals surface area contributed by atoms with Crippen molar-refractivity contribution in [3.63, 3.8) is 0 Å². The van der Waals surface area contributed by atoms with Crippen LogP contribution < -0.4 is 15.4 Å². The van der Waals surface area contributed by atoms with E-state index in [1.54, 1.807) is 0 Å². The molecular formula is C55H70N8O9. The van der Waals surface area contributed by atoms with Crippen molar-refractivity contribution in [1.82, 2.24) is 40.4 Å². The number of methoxy groups -OCH3 is 2. The second kappa shape index (κ2) is 19.7. The van der Waals surface area contributed by atoms with Gasteiger partial charge in [-0.3, -0.25) is 9.59 Å². The Balaban J connectivity index is 0.905. The third-order valence-electron chi connectivity index (χ3n) is 16.7. The molecule has 4 amide bonds. The molecule has 12 atom stereocenters. The first-order valence-corrected chi connectivity index (χ1v) is 25.9. The molecular weight excluding hydrogens is 917 g/mol. The Hall–Kier alpha value is -6.20. The number of nitrogens with zero attached hydrogens (tertiary/aromatic N) is 4. The molecule has 17 nitrogen and oxygen atoms in total. The summed E-state index contributed by atoms with van der Waals surface area (Å²) in [5.41, 5.74) is 6.55. The van der Waals surface area contributed by atoms with Crippen LogP contribution in [0.2, 0.25) is 0 Å². The number of aromatic nitrogens is 4. The van der Waals surface area contributed by atoms with Crippen LogP contribution in [0.5, 0.6) is 5.75 Å². The van der Waals surface area contributed by atoms with Gasteiger partial charge in [-0.1, -0.05) is 32.0 Å². The maximum Gasteiger partial charge on any atom is 0.407 e. The Morgan fingerprint density at radius 1 is 0.667 bits per heavy atom. The quantitative estimate of drug-likeness (QED) is 0.110. The molecule has 0 aliphatic carbocycles. The van der Waals surface area contributed by atoms with Crippen molar-refractivity contribution < 1.29 is 42.9 Å². The van der Waals surface area contributed by atoms with Gasteiger partial charge < -0.3 is 54.1 Å². The third kappa shape index (κ3) is 9.15. The number of fused-ring (bicyclic) bond motifs is 6. The fourth-order valence-corrected chi connectivity index (χ4v) is 12.8. The lowest BCUT2D eigenvalue weighted by atomic mass is 9.85. The first-order chi connectivity index (χ1) is 34.5. The van der Waals surface area contributed by atoms with Crippen molar-refractivity contribution in [1.29, 1.82) is 0 Å².